The van der Waals surface area contributed by atoms with Crippen LogP contribution >= 0.6 is 0 Å². The van der Waals surface area contributed by atoms with Gasteiger partial charge in [0.2, 0.25) is 0 Å². The molecular weight excluding hydrogens is 264 g/mol. The molecule has 1 N–H and O–H groups in total. The number of rotatable bonds is 2. The number of amides is 1. The zero-order valence-corrected chi connectivity index (χ0v) is 11.6. The van der Waals surface area contributed by atoms with E-state index >= 15 is 0 Å². The van der Waals surface area contributed by atoms with Crippen molar-refractivity contribution in [1.82, 2.24) is 10.2 Å². The van der Waals surface area contributed by atoms with Gasteiger partial charge in [-0.2, -0.15) is 0 Å². The van der Waals surface area contributed by atoms with Gasteiger partial charge >= 0.3 is 0 Å². The predicted octanol–water partition coefficient (Wildman–Crippen LogP) is 1.85. The number of furan rings is 1. The molecule has 106 valence electrons. The number of fused-ring (bicyclic) bond motifs is 3. The Morgan fingerprint density at radius 3 is 3.05 bits per heavy atom. The highest BCUT2D eigenvalue weighted by Crippen LogP contribution is 2.28. The Bertz CT molecular complexity index is 756. The number of nitrogens with one attached hydrogen (secondary N) is 1. The molecule has 0 spiro atoms. The average molecular weight is 280 g/mol. The first-order chi connectivity index (χ1) is 10.2. The fourth-order valence-electron chi connectivity index (χ4n) is 3.48. The van der Waals surface area contributed by atoms with E-state index in [0.717, 1.165) is 24.0 Å². The lowest BCUT2D eigenvalue weighted by Gasteiger charge is -2.23. The lowest BCUT2D eigenvalue weighted by atomic mass is 9.99. The van der Waals surface area contributed by atoms with E-state index in [4.69, 9.17) is 10.8 Å². The number of hydrogen-bond donors (Lipinski definition) is 1. The summed E-state index contributed by atoms with van der Waals surface area (Å²) in [6, 6.07) is 5.70. The van der Waals surface area contributed by atoms with Gasteiger partial charge in [-0.3, -0.25) is 4.79 Å². The number of benzene rings is 1. The number of carbonyl (C=O) groups excluding carboxylic acids is 1. The molecule has 4 heteroatoms. The van der Waals surface area contributed by atoms with Crippen LogP contribution in [0.5, 0.6) is 0 Å². The molecule has 4 nitrogen and oxygen atoms in total. The van der Waals surface area contributed by atoms with Crippen LogP contribution in [-0.4, -0.2) is 36.5 Å². The first-order valence-electron chi connectivity index (χ1n) is 7.25. The van der Waals surface area contributed by atoms with Crippen molar-refractivity contribution in [3.8, 4) is 12.3 Å². The zero-order valence-electron chi connectivity index (χ0n) is 11.6. The highest BCUT2D eigenvalue weighted by atomic mass is 16.3. The summed E-state index contributed by atoms with van der Waals surface area (Å²) in [7, 11) is 0. The molecule has 1 aromatic heterocycles. The van der Waals surface area contributed by atoms with Gasteiger partial charge in [-0.1, -0.05) is 5.92 Å². The molecule has 3 heterocycles. The quantitative estimate of drug-likeness (QED) is 0.854. The van der Waals surface area contributed by atoms with Crippen molar-refractivity contribution in [1.29, 1.82) is 0 Å². The molecule has 2 aliphatic rings. The summed E-state index contributed by atoms with van der Waals surface area (Å²) in [5.41, 5.74) is 2.00. The molecule has 0 saturated carbocycles. The summed E-state index contributed by atoms with van der Waals surface area (Å²) in [5.74, 6) is 3.15. The Labute approximate surface area is 123 Å². The Morgan fingerprint density at radius 2 is 2.33 bits per heavy atom. The average Bonchev–Trinajstić information content (AvgIpc) is 3.21. The smallest absolute Gasteiger partial charge is 0.251 e. The Kier molecular flexibility index (Phi) is 2.76. The number of carbonyl (C=O) groups is 1. The van der Waals surface area contributed by atoms with Gasteiger partial charge in [0.1, 0.15) is 11.8 Å². The van der Waals surface area contributed by atoms with Gasteiger partial charge in [0.25, 0.3) is 5.91 Å². The van der Waals surface area contributed by atoms with Crippen LogP contribution in [0.15, 0.2) is 28.9 Å². The lowest BCUT2D eigenvalue weighted by molar-refractivity contribution is 0.0924. The van der Waals surface area contributed by atoms with Crippen molar-refractivity contribution >= 4 is 16.9 Å². The third kappa shape index (κ3) is 2.01. The minimum atomic E-state index is -0.0330. The Hall–Kier alpha value is -2.25. The van der Waals surface area contributed by atoms with E-state index in [1.165, 1.54) is 13.0 Å². The maximum atomic E-state index is 12.4. The summed E-state index contributed by atoms with van der Waals surface area (Å²) in [6.45, 7) is 3.26. The fraction of sp³-hybridized carbons (Fsp3) is 0.353. The van der Waals surface area contributed by atoms with Crippen LogP contribution in [0, 0.1) is 18.3 Å². The topological polar surface area (TPSA) is 45.5 Å². The second kappa shape index (κ2) is 4.64. The van der Waals surface area contributed by atoms with Crippen molar-refractivity contribution in [3.05, 3.63) is 35.6 Å². The zero-order chi connectivity index (χ0) is 14.4. The minimum absolute atomic E-state index is 0.0330. The number of hydrogen-bond acceptors (Lipinski definition) is 3. The molecule has 2 saturated heterocycles. The van der Waals surface area contributed by atoms with Gasteiger partial charge in [0.05, 0.1) is 5.56 Å². The summed E-state index contributed by atoms with van der Waals surface area (Å²) >= 11 is 0. The first-order valence-corrected chi connectivity index (χ1v) is 7.25. The molecule has 3 atom stereocenters. The van der Waals surface area contributed by atoms with E-state index < -0.39 is 0 Å². The fourth-order valence-corrected chi connectivity index (χ4v) is 3.48. The lowest BCUT2D eigenvalue weighted by Crippen LogP contribution is -2.43. The molecule has 2 fully saturated rings. The summed E-state index contributed by atoms with van der Waals surface area (Å²) in [4.78, 5) is 14.8. The van der Waals surface area contributed by atoms with Gasteiger partial charge in [-0.25, -0.2) is 0 Å². The third-order valence-corrected chi connectivity index (χ3v) is 4.64. The standard InChI is InChI=1S/C17H16N2O2/c1-2-11-10-21-16-7-12(3-4-14(11)16)17(20)18-15-9-19-6-5-13(15)8-19/h1,3-4,7,10,13,15H,5-6,8-9H2,(H,18,20). The van der Waals surface area contributed by atoms with Crippen LogP contribution in [0.3, 0.4) is 0 Å². The second-order valence-corrected chi connectivity index (χ2v) is 5.89. The molecule has 21 heavy (non-hydrogen) atoms. The normalized spacial score (nSPS) is 26.9. The molecule has 4 rings (SSSR count). The molecule has 2 bridgehead atoms. The molecule has 0 radical (unpaired) electrons. The van der Waals surface area contributed by atoms with E-state index in [1.54, 1.807) is 12.3 Å². The van der Waals surface area contributed by atoms with Crippen molar-refractivity contribution in [2.45, 2.75) is 12.5 Å². The molecule has 1 aromatic carbocycles. The second-order valence-electron chi connectivity index (χ2n) is 5.89. The molecule has 3 unspecified atom stereocenters. The Balaban J connectivity index is 1.55. The van der Waals surface area contributed by atoms with Gasteiger partial charge in [0, 0.05) is 30.1 Å². The van der Waals surface area contributed by atoms with E-state index in [2.05, 4.69) is 16.1 Å². The number of nitrogens with zero attached hydrogens (tertiary/aromatic N) is 1. The van der Waals surface area contributed by atoms with Crippen LogP contribution in [0.1, 0.15) is 22.3 Å². The maximum absolute atomic E-state index is 12.4. The van der Waals surface area contributed by atoms with Crippen LogP contribution in [0.4, 0.5) is 0 Å². The van der Waals surface area contributed by atoms with Gasteiger partial charge in [0.15, 0.2) is 0 Å². The monoisotopic (exact) mass is 280 g/mol. The Morgan fingerprint density at radius 1 is 1.43 bits per heavy atom. The van der Waals surface area contributed by atoms with Crippen LogP contribution in [-0.2, 0) is 0 Å². The van der Waals surface area contributed by atoms with E-state index in [-0.39, 0.29) is 11.9 Å². The van der Waals surface area contributed by atoms with Crippen molar-refractivity contribution in [3.63, 3.8) is 0 Å². The SMILES string of the molecule is C#Cc1coc2cc(C(=O)NC3CN4CCC3C4)ccc12. The van der Waals surface area contributed by atoms with E-state index in [9.17, 15) is 4.79 Å². The summed E-state index contributed by atoms with van der Waals surface area (Å²) in [5, 5.41) is 4.02. The highest BCUT2D eigenvalue weighted by molar-refractivity contribution is 5.98. The van der Waals surface area contributed by atoms with Gasteiger partial charge in [-0.05, 0) is 37.1 Å². The maximum Gasteiger partial charge on any atom is 0.251 e. The summed E-state index contributed by atoms with van der Waals surface area (Å²) in [6.07, 6.45) is 8.15. The number of terminal acetylenes is 1. The van der Waals surface area contributed by atoms with Crippen molar-refractivity contribution < 1.29 is 9.21 Å². The molecule has 2 aliphatic heterocycles. The van der Waals surface area contributed by atoms with E-state index in [0.29, 0.717) is 17.1 Å². The van der Waals surface area contributed by atoms with Gasteiger partial charge in [-0.15, -0.1) is 6.42 Å². The van der Waals surface area contributed by atoms with Crippen LogP contribution in [0.2, 0.25) is 0 Å². The van der Waals surface area contributed by atoms with Crippen molar-refractivity contribution in [2.75, 3.05) is 19.6 Å². The summed E-state index contributed by atoms with van der Waals surface area (Å²) < 4.78 is 5.42. The molecule has 1 amide bonds. The largest absolute Gasteiger partial charge is 0.463 e. The first kappa shape index (κ1) is 12.5. The molecule has 0 aliphatic carbocycles. The van der Waals surface area contributed by atoms with Crippen LogP contribution < -0.4 is 5.32 Å². The van der Waals surface area contributed by atoms with Gasteiger partial charge < -0.3 is 14.6 Å². The minimum Gasteiger partial charge on any atom is -0.463 e. The predicted molar refractivity (Wildman–Crippen MR) is 80.0 cm³/mol. The number of piperidine rings is 1. The van der Waals surface area contributed by atoms with Crippen LogP contribution in [0.25, 0.3) is 11.0 Å². The third-order valence-electron chi connectivity index (χ3n) is 4.64. The molecule has 2 aromatic rings. The molecular formula is C17H16N2O2. The highest BCUT2D eigenvalue weighted by Gasteiger charge is 2.38. The van der Waals surface area contributed by atoms with Crippen molar-refractivity contribution in [2.24, 2.45) is 5.92 Å². The van der Waals surface area contributed by atoms with E-state index in [1.807, 2.05) is 12.1 Å².